The molecule has 2 heteroatoms. The van der Waals surface area contributed by atoms with Gasteiger partial charge in [0.25, 0.3) is 0 Å². The summed E-state index contributed by atoms with van der Waals surface area (Å²) in [6, 6.07) is 2.67. The van der Waals surface area contributed by atoms with Gasteiger partial charge in [-0.3, -0.25) is 0 Å². The van der Waals surface area contributed by atoms with Gasteiger partial charge in [0.15, 0.2) is 0 Å². The minimum atomic E-state index is -0.0274. The molecule has 1 saturated heterocycles. The van der Waals surface area contributed by atoms with Crippen molar-refractivity contribution in [2.24, 2.45) is 16.7 Å². The highest BCUT2D eigenvalue weighted by molar-refractivity contribution is 5.02. The molecule has 0 bridgehead atoms. The second-order valence-electron chi connectivity index (χ2n) is 8.06. The van der Waals surface area contributed by atoms with Crippen LogP contribution < -0.4 is 0 Å². The van der Waals surface area contributed by atoms with Crippen LogP contribution in [-0.2, 0) is 4.74 Å². The highest BCUT2D eigenvalue weighted by Crippen LogP contribution is 2.47. The molecule has 0 radical (unpaired) electrons. The lowest BCUT2D eigenvalue weighted by Crippen LogP contribution is -2.32. The van der Waals surface area contributed by atoms with Crippen LogP contribution in [0.15, 0.2) is 0 Å². The summed E-state index contributed by atoms with van der Waals surface area (Å²) in [7, 11) is 0. The summed E-state index contributed by atoms with van der Waals surface area (Å²) in [4.78, 5) is 0. The Hall–Kier alpha value is -0.550. The molecule has 2 nitrogen and oxygen atoms in total. The highest BCUT2D eigenvalue weighted by atomic mass is 16.5. The van der Waals surface area contributed by atoms with Crippen LogP contribution in [0.3, 0.4) is 0 Å². The summed E-state index contributed by atoms with van der Waals surface area (Å²) < 4.78 is 5.69. The molecule has 114 valence electrons. The topological polar surface area (TPSA) is 33.0 Å². The third-order valence-corrected chi connectivity index (χ3v) is 5.61. The van der Waals surface area contributed by atoms with Crippen molar-refractivity contribution in [3.05, 3.63) is 0 Å². The van der Waals surface area contributed by atoms with Crippen molar-refractivity contribution in [3.63, 3.8) is 0 Å². The Kier molecular flexibility index (Phi) is 5.13. The predicted octanol–water partition coefficient (Wildman–Crippen LogP) is 5.08. The average Bonchev–Trinajstić information content (AvgIpc) is 2.91. The quantitative estimate of drug-likeness (QED) is 0.717. The molecule has 1 unspecified atom stereocenters. The number of rotatable bonds is 4. The van der Waals surface area contributed by atoms with Crippen LogP contribution in [0.25, 0.3) is 0 Å². The summed E-state index contributed by atoms with van der Waals surface area (Å²) in [5.74, 6) is 0.794. The van der Waals surface area contributed by atoms with E-state index in [-0.39, 0.29) is 5.41 Å². The molecule has 1 atom stereocenters. The molecule has 0 amide bonds. The lowest BCUT2D eigenvalue weighted by Gasteiger charge is -2.40. The van der Waals surface area contributed by atoms with Crippen LogP contribution in [0.2, 0.25) is 0 Å². The summed E-state index contributed by atoms with van der Waals surface area (Å²) in [5, 5.41) is 9.64. The van der Waals surface area contributed by atoms with Crippen LogP contribution in [0, 0.1) is 28.1 Å². The van der Waals surface area contributed by atoms with E-state index in [1.807, 2.05) is 0 Å². The molecule has 0 N–H and O–H groups in total. The standard InChI is InChI=1S/C18H31NO/c1-17(2,3)15-8-11-18(14-19,12-9-15)10-4-6-16-7-5-13-20-16/h15-16H,4-13H2,1-3H3. The SMILES string of the molecule is CC(C)(C)C1CCC(C#N)(CCCC2CCCO2)CC1. The van der Waals surface area contributed by atoms with Gasteiger partial charge in [0, 0.05) is 6.61 Å². The van der Waals surface area contributed by atoms with Crippen LogP contribution in [0.4, 0.5) is 0 Å². The van der Waals surface area contributed by atoms with Crippen molar-refractivity contribution >= 4 is 0 Å². The second-order valence-corrected chi connectivity index (χ2v) is 8.06. The van der Waals surface area contributed by atoms with E-state index in [1.165, 1.54) is 32.1 Å². The molecule has 1 saturated carbocycles. The lowest BCUT2D eigenvalue weighted by atomic mass is 9.63. The van der Waals surface area contributed by atoms with Crippen LogP contribution in [0.1, 0.15) is 78.6 Å². The van der Waals surface area contributed by atoms with Gasteiger partial charge in [-0.1, -0.05) is 20.8 Å². The zero-order valence-corrected chi connectivity index (χ0v) is 13.6. The van der Waals surface area contributed by atoms with Gasteiger partial charge in [-0.05, 0) is 69.1 Å². The van der Waals surface area contributed by atoms with Crippen molar-refractivity contribution in [1.82, 2.24) is 0 Å². The average molecular weight is 277 g/mol. The number of nitrogens with zero attached hydrogens (tertiary/aromatic N) is 1. The molecular formula is C18H31NO. The molecule has 20 heavy (non-hydrogen) atoms. The molecule has 0 spiro atoms. The Bertz CT molecular complexity index is 335. The summed E-state index contributed by atoms with van der Waals surface area (Å²) in [6.07, 6.45) is 11.0. The van der Waals surface area contributed by atoms with Gasteiger partial charge in [-0.25, -0.2) is 0 Å². The normalized spacial score (nSPS) is 34.9. The molecule has 2 aliphatic rings. The zero-order chi connectivity index (χ0) is 14.6. The number of hydrogen-bond acceptors (Lipinski definition) is 2. The maximum atomic E-state index is 9.64. The van der Waals surface area contributed by atoms with E-state index >= 15 is 0 Å². The Morgan fingerprint density at radius 2 is 1.90 bits per heavy atom. The van der Waals surface area contributed by atoms with Gasteiger partial charge < -0.3 is 4.74 Å². The summed E-state index contributed by atoms with van der Waals surface area (Å²) in [6.45, 7) is 7.97. The predicted molar refractivity (Wildman–Crippen MR) is 82.3 cm³/mol. The van der Waals surface area contributed by atoms with E-state index < -0.39 is 0 Å². The van der Waals surface area contributed by atoms with E-state index in [1.54, 1.807) is 0 Å². The molecule has 1 aliphatic carbocycles. The van der Waals surface area contributed by atoms with Crippen molar-refractivity contribution in [2.75, 3.05) is 6.61 Å². The third kappa shape index (κ3) is 3.98. The van der Waals surface area contributed by atoms with Gasteiger partial charge in [-0.2, -0.15) is 5.26 Å². The number of nitriles is 1. The Balaban J connectivity index is 1.78. The minimum Gasteiger partial charge on any atom is -0.378 e. The van der Waals surface area contributed by atoms with Gasteiger partial charge in [0.1, 0.15) is 0 Å². The molecule has 0 aromatic rings. The maximum Gasteiger partial charge on any atom is 0.0689 e. The van der Waals surface area contributed by atoms with Gasteiger partial charge >= 0.3 is 0 Å². The fraction of sp³-hybridized carbons (Fsp3) is 0.944. The molecule has 0 aromatic carbocycles. The van der Waals surface area contributed by atoms with E-state index in [2.05, 4.69) is 26.8 Å². The fourth-order valence-corrected chi connectivity index (χ4v) is 3.99. The molecule has 1 aliphatic heterocycles. The number of ether oxygens (including phenoxy) is 1. The van der Waals surface area contributed by atoms with Crippen molar-refractivity contribution in [2.45, 2.75) is 84.7 Å². The zero-order valence-electron chi connectivity index (χ0n) is 13.6. The fourth-order valence-electron chi connectivity index (χ4n) is 3.99. The highest BCUT2D eigenvalue weighted by Gasteiger charge is 2.38. The van der Waals surface area contributed by atoms with E-state index in [9.17, 15) is 5.26 Å². The summed E-state index contributed by atoms with van der Waals surface area (Å²) >= 11 is 0. The largest absolute Gasteiger partial charge is 0.378 e. The molecular weight excluding hydrogens is 246 g/mol. The van der Waals surface area contributed by atoms with Crippen molar-refractivity contribution in [3.8, 4) is 6.07 Å². The Morgan fingerprint density at radius 1 is 1.20 bits per heavy atom. The first-order chi connectivity index (χ1) is 9.45. The van der Waals surface area contributed by atoms with Gasteiger partial charge in [0.05, 0.1) is 17.6 Å². The lowest BCUT2D eigenvalue weighted by molar-refractivity contribution is 0.0888. The first-order valence-electron chi connectivity index (χ1n) is 8.48. The van der Waals surface area contributed by atoms with Gasteiger partial charge in [-0.15, -0.1) is 0 Å². The van der Waals surface area contributed by atoms with E-state index in [4.69, 9.17) is 4.74 Å². The van der Waals surface area contributed by atoms with Crippen LogP contribution >= 0.6 is 0 Å². The minimum absolute atomic E-state index is 0.0274. The Labute approximate surface area is 124 Å². The van der Waals surface area contributed by atoms with E-state index in [0.29, 0.717) is 11.5 Å². The smallest absolute Gasteiger partial charge is 0.0689 e. The van der Waals surface area contributed by atoms with E-state index in [0.717, 1.165) is 38.2 Å². The van der Waals surface area contributed by atoms with Gasteiger partial charge in [0.2, 0.25) is 0 Å². The second kappa shape index (κ2) is 6.48. The molecule has 0 aromatic heterocycles. The van der Waals surface area contributed by atoms with Crippen LogP contribution in [0.5, 0.6) is 0 Å². The first kappa shape index (κ1) is 15.8. The third-order valence-electron chi connectivity index (χ3n) is 5.61. The Morgan fingerprint density at radius 3 is 2.40 bits per heavy atom. The van der Waals surface area contributed by atoms with Crippen LogP contribution in [-0.4, -0.2) is 12.7 Å². The molecule has 1 heterocycles. The van der Waals surface area contributed by atoms with Crippen molar-refractivity contribution in [1.29, 1.82) is 5.26 Å². The molecule has 2 fully saturated rings. The first-order valence-corrected chi connectivity index (χ1v) is 8.48. The van der Waals surface area contributed by atoms with Crippen molar-refractivity contribution < 1.29 is 4.74 Å². The summed E-state index contributed by atoms with van der Waals surface area (Å²) in [5.41, 5.74) is 0.375. The number of hydrogen-bond donors (Lipinski definition) is 0. The maximum absolute atomic E-state index is 9.64. The molecule has 2 rings (SSSR count). The monoisotopic (exact) mass is 277 g/mol.